The number of rotatable bonds is 89. The lowest BCUT2D eigenvalue weighted by atomic mass is 10.0. The first-order chi connectivity index (χ1) is 52.5. The molecule has 5 atom stereocenters. The lowest BCUT2D eigenvalue weighted by Gasteiger charge is -2.21. The number of ether oxygens (including phenoxy) is 4. The number of aliphatic hydroxyl groups excluding tert-OH is 1. The van der Waals surface area contributed by atoms with Gasteiger partial charge in [0.05, 0.1) is 26.4 Å². The van der Waals surface area contributed by atoms with Crippen LogP contribution in [0.15, 0.2) is 0 Å². The second kappa shape index (κ2) is 81.6. The lowest BCUT2D eigenvalue weighted by Crippen LogP contribution is -2.30. The van der Waals surface area contributed by atoms with Crippen molar-refractivity contribution < 1.29 is 80.2 Å². The van der Waals surface area contributed by atoms with Crippen LogP contribution in [-0.4, -0.2) is 96.7 Å². The molecule has 0 heterocycles. The first kappa shape index (κ1) is 106. The Balaban J connectivity index is 5.08. The normalized spacial score (nSPS) is 13.7. The van der Waals surface area contributed by atoms with Crippen LogP contribution in [0.25, 0.3) is 0 Å². The highest BCUT2D eigenvalue weighted by Crippen LogP contribution is 2.45. The number of carbonyl (C=O) groups is 4. The van der Waals surface area contributed by atoms with E-state index in [1.54, 1.807) is 0 Å². The third-order valence-electron chi connectivity index (χ3n) is 21.0. The van der Waals surface area contributed by atoms with Gasteiger partial charge in [-0.2, -0.15) is 0 Å². The van der Waals surface area contributed by atoms with Gasteiger partial charge in [0.2, 0.25) is 0 Å². The topological polar surface area (TPSA) is 237 Å². The number of phosphoric ester groups is 2. The Morgan fingerprint density at radius 2 is 0.426 bits per heavy atom. The number of hydrogen-bond donors (Lipinski definition) is 3. The molecule has 0 amide bonds. The van der Waals surface area contributed by atoms with Gasteiger partial charge in [0, 0.05) is 25.7 Å². The molecule has 19 heteroatoms. The van der Waals surface area contributed by atoms with Gasteiger partial charge in [-0.3, -0.25) is 37.3 Å². The molecule has 108 heavy (non-hydrogen) atoms. The van der Waals surface area contributed by atoms with Crippen molar-refractivity contribution in [2.75, 3.05) is 39.6 Å². The first-order valence-corrected chi connectivity index (χ1v) is 49.1. The Kier molecular flexibility index (Phi) is 80.2. The van der Waals surface area contributed by atoms with Crippen molar-refractivity contribution >= 4 is 39.5 Å². The Labute approximate surface area is 664 Å². The van der Waals surface area contributed by atoms with Crippen LogP contribution in [0.2, 0.25) is 0 Å². The monoisotopic (exact) mass is 1580 g/mol. The van der Waals surface area contributed by atoms with Crippen LogP contribution in [0, 0.1) is 5.92 Å². The highest BCUT2D eigenvalue weighted by Gasteiger charge is 2.30. The predicted octanol–water partition coefficient (Wildman–Crippen LogP) is 27.5. The molecule has 0 spiro atoms. The van der Waals surface area contributed by atoms with E-state index in [9.17, 15) is 43.2 Å². The molecule has 2 unspecified atom stereocenters. The third kappa shape index (κ3) is 82.1. The lowest BCUT2D eigenvalue weighted by molar-refractivity contribution is -0.161. The van der Waals surface area contributed by atoms with Crippen LogP contribution in [0.4, 0.5) is 0 Å². The van der Waals surface area contributed by atoms with Gasteiger partial charge < -0.3 is 33.8 Å². The second-order valence-corrected chi connectivity index (χ2v) is 35.4. The van der Waals surface area contributed by atoms with E-state index in [-0.39, 0.29) is 25.7 Å². The number of hydrogen-bond acceptors (Lipinski definition) is 15. The molecule has 0 saturated heterocycles. The molecule has 0 aliphatic heterocycles. The average molecular weight is 1580 g/mol. The Morgan fingerprint density at radius 3 is 0.630 bits per heavy atom. The molecule has 3 N–H and O–H groups in total. The van der Waals surface area contributed by atoms with Crippen molar-refractivity contribution in [3.8, 4) is 0 Å². The molecule has 642 valence electrons. The van der Waals surface area contributed by atoms with E-state index >= 15 is 0 Å². The van der Waals surface area contributed by atoms with Crippen LogP contribution in [0.3, 0.4) is 0 Å². The fourth-order valence-corrected chi connectivity index (χ4v) is 15.6. The molecule has 0 rings (SSSR count). The fourth-order valence-electron chi connectivity index (χ4n) is 14.0. The summed E-state index contributed by atoms with van der Waals surface area (Å²) in [6.07, 6.45) is 77.2. The van der Waals surface area contributed by atoms with Gasteiger partial charge in [0.1, 0.15) is 19.3 Å². The van der Waals surface area contributed by atoms with Gasteiger partial charge in [-0.05, 0) is 31.6 Å². The number of unbranched alkanes of at least 4 members (excludes halogenated alkanes) is 61. The van der Waals surface area contributed by atoms with E-state index in [0.29, 0.717) is 25.7 Å². The van der Waals surface area contributed by atoms with E-state index in [1.165, 1.54) is 302 Å². The summed E-state index contributed by atoms with van der Waals surface area (Å²) in [6, 6.07) is 0. The van der Waals surface area contributed by atoms with Crippen molar-refractivity contribution in [3.63, 3.8) is 0 Å². The maximum Gasteiger partial charge on any atom is 0.472 e. The Bertz CT molecular complexity index is 2050. The van der Waals surface area contributed by atoms with Crippen LogP contribution < -0.4 is 0 Å². The van der Waals surface area contributed by atoms with E-state index in [1.807, 2.05) is 0 Å². The van der Waals surface area contributed by atoms with Crippen LogP contribution in [0.5, 0.6) is 0 Å². The molecule has 0 bridgehead atoms. The minimum atomic E-state index is -4.96. The number of phosphoric acid groups is 2. The van der Waals surface area contributed by atoms with Crippen LogP contribution >= 0.6 is 15.6 Å². The zero-order valence-electron chi connectivity index (χ0n) is 71.0. The van der Waals surface area contributed by atoms with E-state index in [2.05, 4.69) is 34.6 Å². The summed E-state index contributed by atoms with van der Waals surface area (Å²) in [5.41, 5.74) is 0. The summed E-state index contributed by atoms with van der Waals surface area (Å²) < 4.78 is 68.7. The predicted molar refractivity (Wildman–Crippen MR) is 446 cm³/mol. The largest absolute Gasteiger partial charge is 0.472 e. The SMILES string of the molecule is CCCCCCCCCCCCCCCCCCCCCCCCC(=O)OC[C@H](COP(=O)(O)OC[C@@H](O)COP(=O)(O)OC[C@@H](COC(=O)CCCCCCC)OC(=O)CCCCCCCCCCCCCCCCCCC(C)C)OC(=O)CCCCCCCCCCCCCCCCCCCCCCCC. The minimum absolute atomic E-state index is 0.108. The summed E-state index contributed by atoms with van der Waals surface area (Å²) in [5, 5.41) is 10.7. The molecule has 0 aromatic rings. The second-order valence-electron chi connectivity index (χ2n) is 32.5. The van der Waals surface area contributed by atoms with Gasteiger partial charge in [-0.1, -0.05) is 433 Å². The number of carbonyl (C=O) groups excluding carboxylic acids is 4. The van der Waals surface area contributed by atoms with Gasteiger partial charge in [-0.15, -0.1) is 0 Å². The summed E-state index contributed by atoms with van der Waals surface area (Å²) in [7, 11) is -9.92. The van der Waals surface area contributed by atoms with Crippen molar-refractivity contribution in [2.45, 2.75) is 502 Å². The number of aliphatic hydroxyl groups is 1. The molecule has 0 saturated carbocycles. The summed E-state index contributed by atoms with van der Waals surface area (Å²) >= 11 is 0. The quantitative estimate of drug-likeness (QED) is 0.0222. The maximum absolute atomic E-state index is 13.2. The molecule has 0 fully saturated rings. The van der Waals surface area contributed by atoms with Crippen LogP contribution in [0.1, 0.15) is 484 Å². The summed E-state index contributed by atoms with van der Waals surface area (Å²) in [6.45, 7) is 7.31. The molecule has 0 aromatic carbocycles. The van der Waals surface area contributed by atoms with Gasteiger partial charge in [0.25, 0.3) is 0 Å². The van der Waals surface area contributed by atoms with Crippen LogP contribution in [-0.2, 0) is 65.4 Å². The van der Waals surface area contributed by atoms with Crippen molar-refractivity contribution in [2.24, 2.45) is 5.92 Å². The molecule has 0 aliphatic rings. The van der Waals surface area contributed by atoms with Gasteiger partial charge in [-0.25, -0.2) is 9.13 Å². The minimum Gasteiger partial charge on any atom is -0.462 e. The standard InChI is InChI=1S/C89H174O17P2/c1-6-9-12-15-17-19-21-23-25-27-29-31-33-35-37-42-46-50-54-58-63-68-73-87(92)100-79-85(106-89(94)75-70-65-59-55-51-47-43-38-36-34-32-30-28-26-24-22-20-18-16-13-10-7-2)81-104-108(97,98)102-77-83(90)76-101-107(95,96)103-80-84(78-99-86(91)72-67-61-14-11-8-3)105-88(93)74-69-64-60-56-52-48-44-40-39-41-45-49-53-57-62-66-71-82(4)5/h82-85,90H,6-81H2,1-5H3,(H,95,96)(H,97,98)/t83-,84+,85+/m0/s1. The molecule has 0 aromatic heterocycles. The molecule has 0 radical (unpaired) electrons. The number of esters is 4. The zero-order valence-corrected chi connectivity index (χ0v) is 72.8. The zero-order chi connectivity index (χ0) is 79.0. The summed E-state index contributed by atoms with van der Waals surface area (Å²) in [4.78, 5) is 73.0. The molecule has 17 nitrogen and oxygen atoms in total. The van der Waals surface area contributed by atoms with E-state index in [4.69, 9.17) is 37.0 Å². The van der Waals surface area contributed by atoms with Crippen molar-refractivity contribution in [1.29, 1.82) is 0 Å². The molecular formula is C89H174O17P2. The average Bonchev–Trinajstić information content (AvgIpc) is 0.898. The van der Waals surface area contributed by atoms with Gasteiger partial charge >= 0.3 is 39.5 Å². The van der Waals surface area contributed by atoms with Crippen molar-refractivity contribution in [3.05, 3.63) is 0 Å². The third-order valence-corrected chi connectivity index (χ3v) is 22.9. The molecular weight excluding hydrogens is 1400 g/mol. The highest BCUT2D eigenvalue weighted by molar-refractivity contribution is 7.47. The maximum atomic E-state index is 13.2. The van der Waals surface area contributed by atoms with E-state index in [0.717, 1.165) is 102 Å². The highest BCUT2D eigenvalue weighted by atomic mass is 31.2. The Morgan fingerprint density at radius 1 is 0.250 bits per heavy atom. The first-order valence-electron chi connectivity index (χ1n) is 46.1. The molecule has 0 aliphatic carbocycles. The fraction of sp³-hybridized carbons (Fsp3) is 0.955. The summed E-state index contributed by atoms with van der Waals surface area (Å²) in [5.74, 6) is -1.30. The van der Waals surface area contributed by atoms with E-state index < -0.39 is 97.5 Å². The van der Waals surface area contributed by atoms with Gasteiger partial charge in [0.15, 0.2) is 12.2 Å². The Hall–Kier alpha value is -1.94. The smallest absolute Gasteiger partial charge is 0.462 e. The van der Waals surface area contributed by atoms with Crippen molar-refractivity contribution in [1.82, 2.24) is 0 Å².